The minimum absolute atomic E-state index is 0.0304. The summed E-state index contributed by atoms with van der Waals surface area (Å²) in [7, 11) is 0. The molecule has 158 valence electrons. The number of amides is 2. The maximum Gasteiger partial charge on any atom is 0.276 e. The predicted molar refractivity (Wildman–Crippen MR) is 99.9 cm³/mol. The molecule has 2 aliphatic rings. The molecule has 30 heavy (non-hydrogen) atoms. The average molecular weight is 419 g/mol. The van der Waals surface area contributed by atoms with E-state index in [4.69, 9.17) is 4.74 Å². The molecule has 2 amide bonds. The highest BCUT2D eigenvalue weighted by molar-refractivity contribution is 5.99. The van der Waals surface area contributed by atoms with Crippen molar-refractivity contribution in [1.82, 2.24) is 14.8 Å². The number of rotatable bonds is 4. The molecule has 1 aromatic carbocycles. The van der Waals surface area contributed by atoms with Gasteiger partial charge in [0.15, 0.2) is 17.7 Å². The highest BCUT2D eigenvalue weighted by atomic mass is 19.1. The SMILES string of the molecule is CC[C@H]1CO[C@H]2Cn3cc(C(=O)NCc4ccc(F)cc4F)c(=O)c(O)c3C(=O)N12. The van der Waals surface area contributed by atoms with Gasteiger partial charge in [-0.3, -0.25) is 14.4 Å². The molecule has 0 unspecified atom stereocenters. The number of carbonyl (C=O) groups is 2. The highest BCUT2D eigenvalue weighted by Gasteiger charge is 2.43. The number of ether oxygens (including phenoxy) is 1. The van der Waals surface area contributed by atoms with Gasteiger partial charge in [0.2, 0.25) is 5.43 Å². The Kier molecular flexibility index (Phi) is 5.02. The number of halogens is 2. The van der Waals surface area contributed by atoms with Gasteiger partial charge < -0.3 is 24.6 Å². The van der Waals surface area contributed by atoms with Gasteiger partial charge >= 0.3 is 0 Å². The van der Waals surface area contributed by atoms with Gasteiger partial charge in [-0.15, -0.1) is 0 Å². The van der Waals surface area contributed by atoms with Crippen molar-refractivity contribution in [1.29, 1.82) is 0 Å². The Morgan fingerprint density at radius 2 is 2.10 bits per heavy atom. The van der Waals surface area contributed by atoms with Gasteiger partial charge in [0, 0.05) is 24.4 Å². The summed E-state index contributed by atoms with van der Waals surface area (Å²) in [4.78, 5) is 39.4. The lowest BCUT2D eigenvalue weighted by molar-refractivity contribution is 0.00563. The van der Waals surface area contributed by atoms with Crippen LogP contribution in [0.4, 0.5) is 8.78 Å². The van der Waals surface area contributed by atoms with Gasteiger partial charge in [0.1, 0.15) is 17.2 Å². The summed E-state index contributed by atoms with van der Waals surface area (Å²) >= 11 is 0. The van der Waals surface area contributed by atoms with Crippen molar-refractivity contribution in [2.75, 3.05) is 6.61 Å². The molecule has 1 aromatic heterocycles. The third-order valence-electron chi connectivity index (χ3n) is 5.40. The van der Waals surface area contributed by atoms with Gasteiger partial charge in [-0.2, -0.15) is 0 Å². The number of nitrogens with zero attached hydrogens (tertiary/aromatic N) is 2. The van der Waals surface area contributed by atoms with Crippen molar-refractivity contribution >= 4 is 11.8 Å². The van der Waals surface area contributed by atoms with E-state index in [2.05, 4.69) is 5.32 Å². The van der Waals surface area contributed by atoms with Crippen LogP contribution in [0.25, 0.3) is 0 Å². The van der Waals surface area contributed by atoms with Gasteiger partial charge in [-0.1, -0.05) is 13.0 Å². The van der Waals surface area contributed by atoms with Gasteiger partial charge in [-0.25, -0.2) is 8.78 Å². The van der Waals surface area contributed by atoms with Crippen LogP contribution < -0.4 is 10.7 Å². The quantitative estimate of drug-likeness (QED) is 0.779. The first-order chi connectivity index (χ1) is 14.3. The maximum atomic E-state index is 13.7. The van der Waals surface area contributed by atoms with Crippen molar-refractivity contribution in [3.8, 4) is 5.75 Å². The number of hydrogen-bond acceptors (Lipinski definition) is 5. The van der Waals surface area contributed by atoms with Crippen molar-refractivity contribution in [3.63, 3.8) is 0 Å². The number of aromatic hydroxyl groups is 1. The van der Waals surface area contributed by atoms with E-state index in [1.165, 1.54) is 21.7 Å². The van der Waals surface area contributed by atoms with E-state index in [0.29, 0.717) is 19.1 Å². The summed E-state index contributed by atoms with van der Waals surface area (Å²) in [6.45, 7) is 2.12. The lowest BCUT2D eigenvalue weighted by Crippen LogP contribution is -2.49. The fourth-order valence-electron chi connectivity index (χ4n) is 3.78. The number of benzene rings is 1. The number of hydrogen-bond donors (Lipinski definition) is 2. The zero-order valence-corrected chi connectivity index (χ0v) is 16.0. The molecule has 2 N–H and O–H groups in total. The number of carbonyl (C=O) groups excluding carboxylic acids is 2. The van der Waals surface area contributed by atoms with Crippen LogP contribution in [0.5, 0.6) is 5.75 Å². The van der Waals surface area contributed by atoms with E-state index in [1.807, 2.05) is 6.92 Å². The van der Waals surface area contributed by atoms with E-state index in [1.54, 1.807) is 0 Å². The molecule has 2 atom stereocenters. The molecule has 0 spiro atoms. The first-order valence-corrected chi connectivity index (χ1v) is 9.44. The second-order valence-electron chi connectivity index (χ2n) is 7.20. The molecular formula is C20H19F2N3O5. The standard InChI is InChI=1S/C20H19F2N3O5/c1-2-12-9-30-15-8-24-7-13(17(26)18(27)16(24)20(29)25(12)15)19(28)23-6-10-3-4-11(21)5-14(10)22/h3-5,7,12,15,27H,2,6,8-9H2,1H3,(H,23,28)/t12-,15-/m0/s1. The number of nitrogens with one attached hydrogen (secondary N) is 1. The summed E-state index contributed by atoms with van der Waals surface area (Å²) in [5, 5.41) is 12.8. The van der Waals surface area contributed by atoms with Gasteiger partial charge in [0.25, 0.3) is 11.8 Å². The second kappa shape index (κ2) is 7.52. The average Bonchev–Trinajstić information content (AvgIpc) is 3.13. The van der Waals surface area contributed by atoms with Crippen LogP contribution in [0.15, 0.2) is 29.2 Å². The second-order valence-corrected chi connectivity index (χ2v) is 7.20. The Balaban J connectivity index is 1.62. The Morgan fingerprint density at radius 3 is 2.80 bits per heavy atom. The molecule has 0 aliphatic carbocycles. The van der Waals surface area contributed by atoms with E-state index in [9.17, 15) is 28.3 Å². The smallest absolute Gasteiger partial charge is 0.276 e. The summed E-state index contributed by atoms with van der Waals surface area (Å²) in [5.41, 5.74) is -1.56. The zero-order chi connectivity index (χ0) is 21.6. The summed E-state index contributed by atoms with van der Waals surface area (Å²) < 4.78 is 33.7. The van der Waals surface area contributed by atoms with Crippen LogP contribution in [0.3, 0.4) is 0 Å². The third-order valence-corrected chi connectivity index (χ3v) is 5.40. The Bertz CT molecular complexity index is 1100. The molecular weight excluding hydrogens is 400 g/mol. The topological polar surface area (TPSA) is 101 Å². The maximum absolute atomic E-state index is 13.7. The molecule has 1 saturated heterocycles. The zero-order valence-electron chi connectivity index (χ0n) is 16.0. The Hall–Kier alpha value is -3.27. The lowest BCUT2D eigenvalue weighted by atomic mass is 10.1. The van der Waals surface area contributed by atoms with E-state index in [0.717, 1.165) is 6.07 Å². The van der Waals surface area contributed by atoms with Crippen LogP contribution in [0, 0.1) is 11.6 Å². The van der Waals surface area contributed by atoms with Crippen LogP contribution in [-0.2, 0) is 17.8 Å². The first-order valence-electron chi connectivity index (χ1n) is 9.44. The van der Waals surface area contributed by atoms with Crippen molar-refractivity contribution in [3.05, 3.63) is 63.1 Å². The van der Waals surface area contributed by atoms with Crippen molar-refractivity contribution < 1.29 is 28.2 Å². The highest BCUT2D eigenvalue weighted by Crippen LogP contribution is 2.30. The van der Waals surface area contributed by atoms with Crippen LogP contribution in [0.2, 0.25) is 0 Å². The van der Waals surface area contributed by atoms with Gasteiger partial charge in [-0.05, 0) is 12.5 Å². The molecule has 2 aromatic rings. The van der Waals surface area contributed by atoms with Crippen LogP contribution in [0.1, 0.15) is 39.8 Å². The molecule has 10 heteroatoms. The van der Waals surface area contributed by atoms with Crippen LogP contribution in [-0.4, -0.2) is 45.3 Å². The minimum atomic E-state index is -1.00. The number of fused-ring (bicyclic) bond motifs is 2. The molecule has 3 heterocycles. The largest absolute Gasteiger partial charge is 0.503 e. The van der Waals surface area contributed by atoms with Crippen LogP contribution >= 0.6 is 0 Å². The fourth-order valence-corrected chi connectivity index (χ4v) is 3.78. The van der Waals surface area contributed by atoms with Crippen molar-refractivity contribution in [2.24, 2.45) is 0 Å². The molecule has 2 aliphatic heterocycles. The van der Waals surface area contributed by atoms with Gasteiger partial charge in [0.05, 0.1) is 19.2 Å². The van der Waals surface area contributed by atoms with E-state index >= 15 is 0 Å². The molecule has 4 rings (SSSR count). The molecule has 0 saturated carbocycles. The molecule has 0 bridgehead atoms. The fraction of sp³-hybridized carbons (Fsp3) is 0.350. The number of pyridine rings is 1. The normalized spacial score (nSPS) is 20.1. The third kappa shape index (κ3) is 3.22. The molecule has 0 radical (unpaired) electrons. The molecule has 1 fully saturated rings. The summed E-state index contributed by atoms with van der Waals surface area (Å²) in [6, 6.07) is 2.76. The number of aromatic nitrogens is 1. The lowest BCUT2D eigenvalue weighted by Gasteiger charge is -2.34. The first kappa shape index (κ1) is 20.0. The minimum Gasteiger partial charge on any atom is -0.503 e. The summed E-state index contributed by atoms with van der Waals surface area (Å²) in [5.74, 6) is -3.80. The Morgan fingerprint density at radius 1 is 1.33 bits per heavy atom. The van der Waals surface area contributed by atoms with E-state index < -0.39 is 46.4 Å². The summed E-state index contributed by atoms with van der Waals surface area (Å²) in [6.07, 6.45) is 1.29. The van der Waals surface area contributed by atoms with E-state index in [-0.39, 0.29) is 30.4 Å². The monoisotopic (exact) mass is 419 g/mol. The Labute approximate surface area is 169 Å². The molecule has 8 nitrogen and oxygen atoms in total. The van der Waals surface area contributed by atoms with Crippen molar-refractivity contribution in [2.45, 2.75) is 38.7 Å². The predicted octanol–water partition coefficient (Wildman–Crippen LogP) is 1.35.